The third-order valence-corrected chi connectivity index (χ3v) is 4.96. The fraction of sp³-hybridized carbons (Fsp3) is 0.350. The number of benzene rings is 2. The molecule has 1 heterocycles. The Morgan fingerprint density at radius 3 is 2.00 bits per heavy atom. The molecule has 2 aromatic carbocycles. The Kier molecular flexibility index (Phi) is 5.92. The van der Waals surface area contributed by atoms with Gasteiger partial charge >= 0.3 is 18.4 Å². The number of alkyl halides is 6. The first kappa shape index (κ1) is 22.9. The van der Waals surface area contributed by atoms with Crippen molar-refractivity contribution >= 4 is 6.03 Å². The molecule has 4 nitrogen and oxygen atoms in total. The Labute approximate surface area is 172 Å². The van der Waals surface area contributed by atoms with E-state index in [4.69, 9.17) is 4.74 Å². The molecule has 2 N–H and O–H groups in total. The molecule has 0 saturated carbocycles. The van der Waals surface area contributed by atoms with E-state index in [0.29, 0.717) is 17.7 Å². The first-order valence-corrected chi connectivity index (χ1v) is 9.03. The van der Waals surface area contributed by atoms with Crippen LogP contribution in [0.25, 0.3) is 0 Å². The van der Waals surface area contributed by atoms with Crippen LogP contribution < -0.4 is 10.6 Å². The lowest BCUT2D eigenvalue weighted by molar-refractivity contribution is -0.143. The minimum atomic E-state index is -4.98. The molecule has 0 aliphatic carbocycles. The molecule has 0 spiro atoms. The summed E-state index contributed by atoms with van der Waals surface area (Å²) in [5, 5.41) is 5.15. The summed E-state index contributed by atoms with van der Waals surface area (Å²) in [6.07, 6.45) is -11.1. The summed E-state index contributed by atoms with van der Waals surface area (Å²) in [5.41, 5.74) is -3.94. The van der Waals surface area contributed by atoms with E-state index in [2.05, 4.69) is 10.6 Å². The van der Waals surface area contributed by atoms with Crippen molar-refractivity contribution in [2.45, 2.75) is 30.9 Å². The Balaban J connectivity index is 1.88. The van der Waals surface area contributed by atoms with Gasteiger partial charge in [-0.2, -0.15) is 26.3 Å². The summed E-state index contributed by atoms with van der Waals surface area (Å²) >= 11 is 0. The van der Waals surface area contributed by atoms with Crippen molar-refractivity contribution in [1.82, 2.24) is 10.6 Å². The van der Waals surface area contributed by atoms with Gasteiger partial charge in [0.05, 0.1) is 23.8 Å². The second kappa shape index (κ2) is 8.03. The van der Waals surface area contributed by atoms with Crippen LogP contribution in [0.1, 0.15) is 35.3 Å². The van der Waals surface area contributed by atoms with Gasteiger partial charge in [0.15, 0.2) is 0 Å². The summed E-state index contributed by atoms with van der Waals surface area (Å²) in [7, 11) is 0. The Bertz CT molecular complexity index is 925. The van der Waals surface area contributed by atoms with Crippen LogP contribution >= 0.6 is 0 Å². The largest absolute Gasteiger partial charge is 0.416 e. The van der Waals surface area contributed by atoms with Crippen LogP contribution in [0.4, 0.5) is 35.5 Å². The van der Waals surface area contributed by atoms with E-state index in [1.165, 1.54) is 19.1 Å². The zero-order chi connectivity index (χ0) is 23.0. The SMILES string of the molecule is CC(OCC1(c2ccc(F)cc2)CNC(=O)N1)c1cc(C(F)(F)F)cc(C(F)(F)F)c1. The molecule has 0 radical (unpaired) electrons. The third kappa shape index (κ3) is 5.09. The number of rotatable bonds is 5. The summed E-state index contributed by atoms with van der Waals surface area (Å²) in [4.78, 5) is 11.7. The summed E-state index contributed by atoms with van der Waals surface area (Å²) in [5.74, 6) is -0.519. The number of hydrogen-bond acceptors (Lipinski definition) is 2. The van der Waals surface area contributed by atoms with E-state index in [-0.39, 0.29) is 24.8 Å². The molecule has 2 unspecified atom stereocenters. The molecule has 0 aromatic heterocycles. The van der Waals surface area contributed by atoms with E-state index < -0.39 is 47.0 Å². The van der Waals surface area contributed by atoms with Crippen molar-refractivity contribution in [3.05, 3.63) is 70.5 Å². The lowest BCUT2D eigenvalue weighted by Crippen LogP contribution is -2.45. The van der Waals surface area contributed by atoms with Gasteiger partial charge in [-0.3, -0.25) is 0 Å². The molecule has 1 aliphatic heterocycles. The Morgan fingerprint density at radius 1 is 1.00 bits per heavy atom. The van der Waals surface area contributed by atoms with E-state index in [1.807, 2.05) is 0 Å². The molecule has 168 valence electrons. The van der Waals surface area contributed by atoms with Gasteiger partial charge in [-0.15, -0.1) is 0 Å². The average molecular weight is 450 g/mol. The topological polar surface area (TPSA) is 50.4 Å². The standard InChI is InChI=1S/C20H17F7N2O2/c1-11(12-6-14(19(22,23)24)8-15(7-12)20(25,26)27)31-10-18(9-28-17(30)29-18)13-2-4-16(21)5-3-13/h2-8,11H,9-10H2,1H3,(H2,28,29,30). The van der Waals surface area contributed by atoms with E-state index >= 15 is 0 Å². The fourth-order valence-corrected chi connectivity index (χ4v) is 3.23. The normalized spacial score (nSPS) is 20.3. The van der Waals surface area contributed by atoms with Gasteiger partial charge in [-0.1, -0.05) is 12.1 Å². The molecule has 0 bridgehead atoms. The Hall–Kier alpha value is -2.82. The Morgan fingerprint density at radius 2 is 1.55 bits per heavy atom. The number of ether oxygens (including phenoxy) is 1. The van der Waals surface area contributed by atoms with Crippen LogP contribution in [0, 0.1) is 5.82 Å². The van der Waals surface area contributed by atoms with Gasteiger partial charge in [-0.25, -0.2) is 9.18 Å². The van der Waals surface area contributed by atoms with Crippen LogP contribution in [-0.2, 0) is 22.6 Å². The number of hydrogen-bond donors (Lipinski definition) is 2. The van der Waals surface area contributed by atoms with E-state index in [0.717, 1.165) is 12.1 Å². The molecular weight excluding hydrogens is 433 g/mol. The third-order valence-electron chi connectivity index (χ3n) is 4.96. The summed E-state index contributed by atoms with van der Waals surface area (Å²) < 4.78 is 97.4. The molecule has 11 heteroatoms. The van der Waals surface area contributed by atoms with Crippen LogP contribution in [0.3, 0.4) is 0 Å². The van der Waals surface area contributed by atoms with E-state index in [9.17, 15) is 35.5 Å². The number of amides is 2. The molecule has 2 aromatic rings. The zero-order valence-corrected chi connectivity index (χ0v) is 16.0. The van der Waals surface area contributed by atoms with Crippen LogP contribution in [0.15, 0.2) is 42.5 Å². The quantitative estimate of drug-likeness (QED) is 0.620. The minimum Gasteiger partial charge on any atom is -0.371 e. The van der Waals surface area contributed by atoms with E-state index in [1.54, 1.807) is 0 Å². The predicted molar refractivity (Wildman–Crippen MR) is 95.4 cm³/mol. The highest BCUT2D eigenvalue weighted by atomic mass is 19.4. The van der Waals surface area contributed by atoms with Crippen molar-refractivity contribution in [2.75, 3.05) is 13.2 Å². The van der Waals surface area contributed by atoms with Gasteiger partial charge in [0.25, 0.3) is 0 Å². The van der Waals surface area contributed by atoms with Crippen LogP contribution in [0.5, 0.6) is 0 Å². The fourth-order valence-electron chi connectivity index (χ4n) is 3.23. The smallest absolute Gasteiger partial charge is 0.371 e. The molecule has 1 fully saturated rings. The second-order valence-corrected chi connectivity index (χ2v) is 7.19. The van der Waals surface area contributed by atoms with Crippen molar-refractivity contribution in [1.29, 1.82) is 0 Å². The highest BCUT2D eigenvalue weighted by molar-refractivity contribution is 5.78. The number of halogens is 7. The first-order chi connectivity index (χ1) is 14.3. The maximum atomic E-state index is 13.3. The van der Waals surface area contributed by atoms with Crippen molar-refractivity contribution in [2.24, 2.45) is 0 Å². The molecule has 1 saturated heterocycles. The average Bonchev–Trinajstić information content (AvgIpc) is 3.07. The highest BCUT2D eigenvalue weighted by Crippen LogP contribution is 2.38. The van der Waals surface area contributed by atoms with Crippen LogP contribution in [0.2, 0.25) is 0 Å². The zero-order valence-electron chi connectivity index (χ0n) is 16.0. The monoisotopic (exact) mass is 450 g/mol. The molecule has 1 aliphatic rings. The van der Waals surface area contributed by atoms with Crippen molar-refractivity contribution < 1.29 is 40.3 Å². The van der Waals surface area contributed by atoms with Gasteiger partial charge in [0.1, 0.15) is 11.4 Å². The minimum absolute atomic E-state index is 0.0284. The van der Waals surface area contributed by atoms with Crippen molar-refractivity contribution in [3.8, 4) is 0 Å². The van der Waals surface area contributed by atoms with Gasteiger partial charge in [0.2, 0.25) is 0 Å². The number of nitrogens with one attached hydrogen (secondary N) is 2. The lowest BCUT2D eigenvalue weighted by atomic mass is 9.91. The highest BCUT2D eigenvalue weighted by Gasteiger charge is 2.41. The molecule has 2 amide bonds. The molecule has 2 atom stereocenters. The molecule has 31 heavy (non-hydrogen) atoms. The van der Waals surface area contributed by atoms with Gasteiger partial charge in [-0.05, 0) is 48.4 Å². The van der Waals surface area contributed by atoms with Gasteiger partial charge in [0, 0.05) is 6.54 Å². The maximum absolute atomic E-state index is 13.3. The predicted octanol–water partition coefficient (Wildman–Crippen LogP) is 5.15. The molecular formula is C20H17F7N2O2. The first-order valence-electron chi connectivity index (χ1n) is 9.03. The summed E-state index contributed by atoms with van der Waals surface area (Å²) in [6, 6.07) is 5.81. The number of carbonyl (C=O) groups excluding carboxylic acids is 1. The molecule has 3 rings (SSSR count). The van der Waals surface area contributed by atoms with Gasteiger partial charge < -0.3 is 15.4 Å². The summed E-state index contributed by atoms with van der Waals surface area (Å²) in [6.45, 7) is 1.05. The number of urea groups is 1. The van der Waals surface area contributed by atoms with Crippen LogP contribution in [-0.4, -0.2) is 19.2 Å². The maximum Gasteiger partial charge on any atom is 0.416 e. The van der Waals surface area contributed by atoms with Crippen molar-refractivity contribution in [3.63, 3.8) is 0 Å². The number of carbonyl (C=O) groups is 1. The second-order valence-electron chi connectivity index (χ2n) is 7.19. The lowest BCUT2D eigenvalue weighted by Gasteiger charge is -2.30.